The van der Waals surface area contributed by atoms with Gasteiger partial charge in [-0.05, 0) is 17.2 Å². The second-order valence-corrected chi connectivity index (χ2v) is 3.34. The molecule has 3 heteroatoms. The van der Waals surface area contributed by atoms with Crippen molar-refractivity contribution in [3.05, 3.63) is 58.0 Å². The number of aromatic amines is 1. The molecule has 0 saturated carbocycles. The molecule has 0 fully saturated rings. The van der Waals surface area contributed by atoms with Crippen molar-refractivity contribution >= 4 is 11.6 Å². The van der Waals surface area contributed by atoms with Gasteiger partial charge in [-0.3, -0.25) is 4.79 Å². The average molecular weight is 206 g/mol. The van der Waals surface area contributed by atoms with Gasteiger partial charge in [-0.15, -0.1) is 0 Å². The maximum atomic E-state index is 11.0. The van der Waals surface area contributed by atoms with Crippen LogP contribution < -0.4 is 5.56 Å². The van der Waals surface area contributed by atoms with Gasteiger partial charge < -0.3 is 4.98 Å². The predicted octanol–water partition coefficient (Wildman–Crippen LogP) is 2.70. The lowest BCUT2D eigenvalue weighted by Gasteiger charge is -2.00. The first-order valence-corrected chi connectivity index (χ1v) is 4.59. The van der Waals surface area contributed by atoms with Crippen LogP contribution >= 0.6 is 11.6 Å². The van der Waals surface area contributed by atoms with Crippen LogP contribution in [0.1, 0.15) is 0 Å². The number of rotatable bonds is 1. The van der Waals surface area contributed by atoms with Crippen LogP contribution in [-0.2, 0) is 0 Å². The summed E-state index contributed by atoms with van der Waals surface area (Å²) >= 11 is 5.72. The fourth-order valence-corrected chi connectivity index (χ4v) is 1.43. The van der Waals surface area contributed by atoms with E-state index in [0.717, 1.165) is 11.1 Å². The molecule has 0 atom stereocenters. The number of nitrogens with one attached hydrogen (secondary N) is 1. The van der Waals surface area contributed by atoms with E-state index in [0.29, 0.717) is 0 Å². The molecule has 70 valence electrons. The Bertz CT molecular complexity index is 490. The van der Waals surface area contributed by atoms with Gasteiger partial charge in [-0.25, -0.2) is 0 Å². The molecule has 0 aliphatic carbocycles. The second-order valence-electron chi connectivity index (χ2n) is 2.93. The third-order valence-electron chi connectivity index (χ3n) is 1.97. The Morgan fingerprint density at radius 1 is 1.07 bits per heavy atom. The van der Waals surface area contributed by atoms with Crippen molar-refractivity contribution in [2.45, 2.75) is 0 Å². The summed E-state index contributed by atoms with van der Waals surface area (Å²) in [7, 11) is 0. The predicted molar refractivity (Wildman–Crippen MR) is 57.5 cm³/mol. The minimum atomic E-state index is -0.258. The monoisotopic (exact) mass is 205 g/mol. The van der Waals surface area contributed by atoms with Gasteiger partial charge in [-0.1, -0.05) is 41.9 Å². The molecule has 0 aliphatic rings. The average Bonchev–Trinajstić information content (AvgIpc) is 2.23. The summed E-state index contributed by atoms with van der Waals surface area (Å²) in [5, 5.41) is 0.214. The minimum absolute atomic E-state index is 0.214. The molecular formula is C11H8ClNO. The molecule has 0 spiro atoms. The summed E-state index contributed by atoms with van der Waals surface area (Å²) in [6.45, 7) is 0. The topological polar surface area (TPSA) is 32.9 Å². The third-order valence-corrected chi connectivity index (χ3v) is 2.25. The molecule has 2 nitrogen and oxygen atoms in total. The van der Waals surface area contributed by atoms with Crippen molar-refractivity contribution in [2.24, 2.45) is 0 Å². The number of aromatic nitrogens is 1. The second kappa shape index (κ2) is 3.68. The van der Waals surface area contributed by atoms with E-state index in [2.05, 4.69) is 4.98 Å². The zero-order valence-corrected chi connectivity index (χ0v) is 8.08. The van der Waals surface area contributed by atoms with Gasteiger partial charge in [0.25, 0.3) is 5.56 Å². The maximum Gasteiger partial charge on any atom is 0.266 e. The van der Waals surface area contributed by atoms with E-state index in [1.807, 2.05) is 30.3 Å². The molecule has 1 aromatic carbocycles. The Kier molecular flexibility index (Phi) is 2.37. The van der Waals surface area contributed by atoms with Crippen molar-refractivity contribution in [2.75, 3.05) is 0 Å². The highest BCUT2D eigenvalue weighted by atomic mass is 35.5. The molecule has 0 saturated heterocycles. The molecule has 14 heavy (non-hydrogen) atoms. The Balaban J connectivity index is 2.54. The van der Waals surface area contributed by atoms with Crippen LogP contribution in [0.3, 0.4) is 0 Å². The summed E-state index contributed by atoms with van der Waals surface area (Å²) in [6, 6.07) is 11.4. The van der Waals surface area contributed by atoms with Gasteiger partial charge in [0.15, 0.2) is 0 Å². The lowest BCUT2D eigenvalue weighted by atomic mass is 10.1. The van der Waals surface area contributed by atoms with E-state index < -0.39 is 0 Å². The molecule has 1 N–H and O–H groups in total. The molecule has 0 radical (unpaired) electrons. The van der Waals surface area contributed by atoms with Gasteiger partial charge in [0.1, 0.15) is 5.02 Å². The van der Waals surface area contributed by atoms with E-state index in [1.54, 1.807) is 12.3 Å². The Labute approximate surface area is 86.2 Å². The molecule has 2 rings (SSSR count). The Morgan fingerprint density at radius 3 is 2.43 bits per heavy atom. The van der Waals surface area contributed by atoms with Crippen LogP contribution in [-0.4, -0.2) is 4.98 Å². The summed E-state index contributed by atoms with van der Waals surface area (Å²) in [5.74, 6) is 0. The van der Waals surface area contributed by atoms with Crippen molar-refractivity contribution in [3.8, 4) is 11.1 Å². The molecule has 2 aromatic rings. The number of pyridine rings is 1. The smallest absolute Gasteiger partial charge is 0.266 e. The quantitative estimate of drug-likeness (QED) is 0.763. The number of hydrogen-bond acceptors (Lipinski definition) is 1. The van der Waals surface area contributed by atoms with Crippen molar-refractivity contribution in [1.82, 2.24) is 4.98 Å². The summed E-state index contributed by atoms with van der Waals surface area (Å²) in [4.78, 5) is 13.6. The highest BCUT2D eigenvalue weighted by molar-refractivity contribution is 6.30. The van der Waals surface area contributed by atoms with Crippen molar-refractivity contribution in [3.63, 3.8) is 0 Å². The summed E-state index contributed by atoms with van der Waals surface area (Å²) in [6.07, 6.45) is 1.66. The molecule has 1 heterocycles. The molecule has 0 unspecified atom stereocenters. The van der Waals surface area contributed by atoms with Crippen LogP contribution in [0.25, 0.3) is 11.1 Å². The minimum Gasteiger partial charge on any atom is -0.327 e. The fraction of sp³-hybridized carbons (Fsp3) is 0. The molecule has 0 bridgehead atoms. The lowest BCUT2D eigenvalue weighted by molar-refractivity contribution is 1.24. The van der Waals surface area contributed by atoms with Crippen molar-refractivity contribution < 1.29 is 0 Å². The van der Waals surface area contributed by atoms with E-state index in [-0.39, 0.29) is 10.6 Å². The van der Waals surface area contributed by atoms with Gasteiger partial charge in [0.05, 0.1) is 0 Å². The number of H-pyrrole nitrogens is 1. The zero-order valence-electron chi connectivity index (χ0n) is 7.33. The van der Waals surface area contributed by atoms with Crippen LogP contribution in [0.2, 0.25) is 5.02 Å². The SMILES string of the molecule is O=c1[nH]cc(-c2ccccc2)cc1Cl. The largest absolute Gasteiger partial charge is 0.327 e. The standard InChI is InChI=1S/C11H8ClNO/c12-10-6-9(7-13-11(10)14)8-4-2-1-3-5-8/h1-7H,(H,13,14). The van der Waals surface area contributed by atoms with E-state index in [4.69, 9.17) is 11.6 Å². The number of halogens is 1. The molecule has 0 amide bonds. The van der Waals surface area contributed by atoms with E-state index >= 15 is 0 Å². The van der Waals surface area contributed by atoms with Gasteiger partial charge in [0, 0.05) is 6.20 Å². The van der Waals surface area contributed by atoms with Gasteiger partial charge in [0.2, 0.25) is 0 Å². The third kappa shape index (κ3) is 1.70. The fourth-order valence-electron chi connectivity index (χ4n) is 1.25. The van der Waals surface area contributed by atoms with Crippen LogP contribution in [0.4, 0.5) is 0 Å². The van der Waals surface area contributed by atoms with E-state index in [9.17, 15) is 4.79 Å². The van der Waals surface area contributed by atoms with E-state index in [1.165, 1.54) is 0 Å². The first kappa shape index (κ1) is 9.03. The normalized spacial score (nSPS) is 10.1. The highest BCUT2D eigenvalue weighted by Crippen LogP contribution is 2.18. The molecule has 1 aromatic heterocycles. The summed E-state index contributed by atoms with van der Waals surface area (Å²) in [5.41, 5.74) is 1.69. The van der Waals surface area contributed by atoms with Crippen LogP contribution in [0.5, 0.6) is 0 Å². The molecular weight excluding hydrogens is 198 g/mol. The number of hydrogen-bond donors (Lipinski definition) is 1. The van der Waals surface area contributed by atoms with Crippen LogP contribution in [0, 0.1) is 0 Å². The van der Waals surface area contributed by atoms with Crippen molar-refractivity contribution in [1.29, 1.82) is 0 Å². The van der Waals surface area contributed by atoms with Crippen LogP contribution in [0.15, 0.2) is 47.4 Å². The Hall–Kier alpha value is -1.54. The maximum absolute atomic E-state index is 11.0. The van der Waals surface area contributed by atoms with Gasteiger partial charge >= 0.3 is 0 Å². The molecule has 0 aliphatic heterocycles. The lowest BCUT2D eigenvalue weighted by Crippen LogP contribution is -2.04. The zero-order chi connectivity index (χ0) is 9.97. The first-order chi connectivity index (χ1) is 6.77. The first-order valence-electron chi connectivity index (χ1n) is 4.21. The summed E-state index contributed by atoms with van der Waals surface area (Å²) < 4.78 is 0. The number of benzene rings is 1. The Morgan fingerprint density at radius 2 is 1.79 bits per heavy atom. The van der Waals surface area contributed by atoms with Gasteiger partial charge in [-0.2, -0.15) is 0 Å². The highest BCUT2D eigenvalue weighted by Gasteiger charge is 1.99.